The summed E-state index contributed by atoms with van der Waals surface area (Å²) in [6, 6.07) is 0.870. The van der Waals surface area contributed by atoms with Gasteiger partial charge in [0, 0.05) is 38.8 Å². The molecule has 0 spiro atoms. The normalized spacial score (nSPS) is 35.8. The number of piperazine rings is 1. The summed E-state index contributed by atoms with van der Waals surface area (Å²) >= 11 is 0. The number of hydrogen-bond acceptors (Lipinski definition) is 3. The van der Waals surface area contributed by atoms with E-state index >= 15 is 0 Å². The Labute approximate surface area is 118 Å². The smallest absolute Gasteiger partial charge is 0.0120 e. The second-order valence-electron chi connectivity index (χ2n) is 7.10. The van der Waals surface area contributed by atoms with Gasteiger partial charge < -0.3 is 10.2 Å². The minimum Gasteiger partial charge on any atom is -0.317 e. The molecule has 3 heteroatoms. The van der Waals surface area contributed by atoms with Crippen molar-refractivity contribution in [3.63, 3.8) is 0 Å². The predicted octanol–water partition coefficient (Wildman–Crippen LogP) is 1.79. The molecule has 0 bridgehead atoms. The highest BCUT2D eigenvalue weighted by Crippen LogP contribution is 2.31. The summed E-state index contributed by atoms with van der Waals surface area (Å²) in [5, 5.41) is 3.48. The molecule has 2 aliphatic heterocycles. The van der Waals surface area contributed by atoms with Crippen molar-refractivity contribution in [2.75, 3.05) is 45.8 Å². The lowest BCUT2D eigenvalue weighted by molar-refractivity contribution is 0.0738. The maximum absolute atomic E-state index is 3.48. The molecule has 2 atom stereocenters. The monoisotopic (exact) mass is 265 g/mol. The van der Waals surface area contributed by atoms with E-state index in [1.54, 1.807) is 0 Å². The first kappa shape index (κ1) is 13.8. The van der Waals surface area contributed by atoms with Crippen molar-refractivity contribution in [2.24, 2.45) is 11.8 Å². The van der Waals surface area contributed by atoms with Crippen LogP contribution in [-0.4, -0.2) is 61.7 Å². The SMILES string of the molecule is CC1CCC(CN2CCN(C3CCNCC3)CC2)C1. The minimum atomic E-state index is 0.870. The summed E-state index contributed by atoms with van der Waals surface area (Å²) in [4.78, 5) is 5.49. The molecule has 3 fully saturated rings. The molecule has 2 heterocycles. The van der Waals surface area contributed by atoms with Crippen LogP contribution in [0.15, 0.2) is 0 Å². The maximum Gasteiger partial charge on any atom is 0.0120 e. The molecule has 1 aliphatic carbocycles. The molecule has 2 saturated heterocycles. The lowest BCUT2D eigenvalue weighted by atomic mass is 10.0. The lowest BCUT2D eigenvalue weighted by Gasteiger charge is -2.41. The van der Waals surface area contributed by atoms with Gasteiger partial charge in [0.1, 0.15) is 0 Å². The van der Waals surface area contributed by atoms with Crippen LogP contribution in [0.25, 0.3) is 0 Å². The standard InChI is InChI=1S/C16H31N3/c1-14-2-3-15(12-14)13-18-8-10-19(11-9-18)16-4-6-17-7-5-16/h14-17H,2-13H2,1H3. The Hall–Kier alpha value is -0.120. The third-order valence-electron chi connectivity index (χ3n) is 5.55. The van der Waals surface area contributed by atoms with Gasteiger partial charge in [-0.05, 0) is 50.6 Å². The number of rotatable bonds is 3. The fourth-order valence-electron chi connectivity index (χ4n) is 4.34. The summed E-state index contributed by atoms with van der Waals surface area (Å²) in [7, 11) is 0. The Morgan fingerprint density at radius 1 is 0.947 bits per heavy atom. The van der Waals surface area contributed by atoms with Crippen LogP contribution in [0.4, 0.5) is 0 Å². The molecule has 3 rings (SSSR count). The zero-order chi connectivity index (χ0) is 13.1. The number of hydrogen-bond donors (Lipinski definition) is 1. The minimum absolute atomic E-state index is 0.870. The molecule has 0 aromatic carbocycles. The summed E-state index contributed by atoms with van der Waals surface area (Å²) < 4.78 is 0. The number of nitrogens with one attached hydrogen (secondary N) is 1. The van der Waals surface area contributed by atoms with Gasteiger partial charge in [-0.2, -0.15) is 0 Å². The van der Waals surface area contributed by atoms with Crippen molar-refractivity contribution in [3.05, 3.63) is 0 Å². The average molecular weight is 265 g/mol. The van der Waals surface area contributed by atoms with Gasteiger partial charge in [-0.15, -0.1) is 0 Å². The van der Waals surface area contributed by atoms with Crippen molar-refractivity contribution in [3.8, 4) is 0 Å². The van der Waals surface area contributed by atoms with E-state index in [4.69, 9.17) is 0 Å². The average Bonchev–Trinajstić information content (AvgIpc) is 2.86. The van der Waals surface area contributed by atoms with Gasteiger partial charge >= 0.3 is 0 Å². The molecule has 0 radical (unpaired) electrons. The molecule has 0 aromatic heterocycles. The van der Waals surface area contributed by atoms with Crippen molar-refractivity contribution >= 4 is 0 Å². The molecule has 110 valence electrons. The first-order valence-electron chi connectivity index (χ1n) is 8.48. The molecule has 0 aromatic rings. The molecular formula is C16H31N3. The van der Waals surface area contributed by atoms with Gasteiger partial charge in [0.05, 0.1) is 0 Å². The van der Waals surface area contributed by atoms with Gasteiger partial charge in [0.15, 0.2) is 0 Å². The Morgan fingerprint density at radius 3 is 2.32 bits per heavy atom. The van der Waals surface area contributed by atoms with Crippen molar-refractivity contribution in [1.82, 2.24) is 15.1 Å². The van der Waals surface area contributed by atoms with E-state index < -0.39 is 0 Å². The fraction of sp³-hybridized carbons (Fsp3) is 1.00. The highest BCUT2D eigenvalue weighted by atomic mass is 15.3. The topological polar surface area (TPSA) is 18.5 Å². The van der Waals surface area contributed by atoms with Crippen LogP contribution in [0.1, 0.15) is 39.0 Å². The largest absolute Gasteiger partial charge is 0.317 e. The molecule has 1 saturated carbocycles. The van der Waals surface area contributed by atoms with Gasteiger partial charge in [-0.1, -0.05) is 13.3 Å². The summed E-state index contributed by atoms with van der Waals surface area (Å²) in [6.45, 7) is 11.5. The number of piperidine rings is 1. The van der Waals surface area contributed by atoms with Crippen LogP contribution in [0.3, 0.4) is 0 Å². The third-order valence-corrected chi connectivity index (χ3v) is 5.55. The Morgan fingerprint density at radius 2 is 1.68 bits per heavy atom. The predicted molar refractivity (Wildman–Crippen MR) is 80.4 cm³/mol. The van der Waals surface area contributed by atoms with Crippen LogP contribution in [0.2, 0.25) is 0 Å². The van der Waals surface area contributed by atoms with E-state index in [9.17, 15) is 0 Å². The zero-order valence-corrected chi connectivity index (χ0v) is 12.6. The van der Waals surface area contributed by atoms with Gasteiger partial charge in [-0.25, -0.2) is 0 Å². The van der Waals surface area contributed by atoms with E-state index in [2.05, 4.69) is 22.0 Å². The second kappa shape index (κ2) is 6.55. The number of nitrogens with zero attached hydrogens (tertiary/aromatic N) is 2. The molecular weight excluding hydrogens is 234 g/mol. The molecule has 3 aliphatic rings. The lowest BCUT2D eigenvalue weighted by Crippen LogP contribution is -2.53. The van der Waals surface area contributed by atoms with Gasteiger partial charge in [0.2, 0.25) is 0 Å². The zero-order valence-electron chi connectivity index (χ0n) is 12.6. The summed E-state index contributed by atoms with van der Waals surface area (Å²) in [6.07, 6.45) is 7.16. The van der Waals surface area contributed by atoms with E-state index in [1.165, 1.54) is 77.9 Å². The van der Waals surface area contributed by atoms with Crippen LogP contribution >= 0.6 is 0 Å². The fourth-order valence-corrected chi connectivity index (χ4v) is 4.34. The van der Waals surface area contributed by atoms with Crippen molar-refractivity contribution in [1.29, 1.82) is 0 Å². The quantitative estimate of drug-likeness (QED) is 0.839. The maximum atomic E-state index is 3.48. The Balaban J connectivity index is 1.39. The highest BCUT2D eigenvalue weighted by Gasteiger charge is 2.28. The first-order chi connectivity index (χ1) is 9.31. The van der Waals surface area contributed by atoms with E-state index in [-0.39, 0.29) is 0 Å². The molecule has 19 heavy (non-hydrogen) atoms. The van der Waals surface area contributed by atoms with Crippen molar-refractivity contribution in [2.45, 2.75) is 45.1 Å². The van der Waals surface area contributed by atoms with E-state index in [0.29, 0.717) is 0 Å². The second-order valence-corrected chi connectivity index (χ2v) is 7.10. The first-order valence-corrected chi connectivity index (χ1v) is 8.48. The molecule has 2 unspecified atom stereocenters. The van der Waals surface area contributed by atoms with E-state index in [1.807, 2.05) is 0 Å². The highest BCUT2D eigenvalue weighted by molar-refractivity contribution is 4.84. The van der Waals surface area contributed by atoms with Crippen LogP contribution in [-0.2, 0) is 0 Å². The molecule has 1 N–H and O–H groups in total. The Kier molecular flexibility index (Phi) is 4.78. The molecule has 3 nitrogen and oxygen atoms in total. The van der Waals surface area contributed by atoms with E-state index in [0.717, 1.165) is 17.9 Å². The summed E-state index contributed by atoms with van der Waals surface area (Å²) in [5.74, 6) is 1.99. The van der Waals surface area contributed by atoms with Gasteiger partial charge in [-0.3, -0.25) is 4.90 Å². The Bertz CT molecular complexity index is 267. The van der Waals surface area contributed by atoms with Crippen LogP contribution < -0.4 is 5.32 Å². The van der Waals surface area contributed by atoms with Gasteiger partial charge in [0.25, 0.3) is 0 Å². The van der Waals surface area contributed by atoms with Crippen molar-refractivity contribution < 1.29 is 0 Å². The molecule has 0 amide bonds. The van der Waals surface area contributed by atoms with Crippen LogP contribution in [0, 0.1) is 11.8 Å². The van der Waals surface area contributed by atoms with Crippen LogP contribution in [0.5, 0.6) is 0 Å². The summed E-state index contributed by atoms with van der Waals surface area (Å²) in [5.41, 5.74) is 0. The third kappa shape index (κ3) is 3.71.